The Kier molecular flexibility index (Phi) is 4.89. The molecule has 0 radical (unpaired) electrons. The number of hydrogen-bond acceptors (Lipinski definition) is 7. The SMILES string of the molecule is COc1cc(C2Nc3ccccc3C(=O)N2c2ccc3c(c2)OCO3)cc(OC)c1OC. The Morgan fingerprint density at radius 3 is 2.34 bits per heavy atom. The van der Waals surface area contributed by atoms with Gasteiger partial charge in [0, 0.05) is 17.3 Å². The average Bonchev–Trinajstić information content (AvgIpc) is 3.31. The van der Waals surface area contributed by atoms with Gasteiger partial charge in [-0.1, -0.05) is 12.1 Å². The second-order valence-electron chi connectivity index (χ2n) is 7.26. The molecule has 2 aliphatic rings. The number of nitrogens with zero attached hydrogens (tertiary/aromatic N) is 1. The van der Waals surface area contributed by atoms with Crippen molar-refractivity contribution < 1.29 is 28.5 Å². The maximum Gasteiger partial charge on any atom is 0.262 e. The Morgan fingerprint density at radius 2 is 1.62 bits per heavy atom. The van der Waals surface area contributed by atoms with Gasteiger partial charge in [-0.3, -0.25) is 9.69 Å². The van der Waals surface area contributed by atoms with Crippen LogP contribution in [0.4, 0.5) is 11.4 Å². The van der Waals surface area contributed by atoms with Crippen LogP contribution < -0.4 is 33.9 Å². The highest BCUT2D eigenvalue weighted by atomic mass is 16.7. The molecule has 3 aromatic carbocycles. The van der Waals surface area contributed by atoms with E-state index in [1.165, 1.54) is 0 Å². The fourth-order valence-electron chi connectivity index (χ4n) is 4.05. The van der Waals surface area contributed by atoms with E-state index in [9.17, 15) is 4.79 Å². The van der Waals surface area contributed by atoms with Gasteiger partial charge in [-0.25, -0.2) is 0 Å². The molecular formula is C24H22N2O6. The molecular weight excluding hydrogens is 412 g/mol. The van der Waals surface area contributed by atoms with Gasteiger partial charge in [0.1, 0.15) is 6.17 Å². The second kappa shape index (κ2) is 7.88. The van der Waals surface area contributed by atoms with Crippen molar-refractivity contribution in [2.75, 3.05) is 38.3 Å². The van der Waals surface area contributed by atoms with Crippen LogP contribution in [0.2, 0.25) is 0 Å². The number of rotatable bonds is 5. The summed E-state index contributed by atoms with van der Waals surface area (Å²) in [7, 11) is 4.68. The lowest BCUT2D eigenvalue weighted by Gasteiger charge is -2.38. The number of carbonyl (C=O) groups excluding carboxylic acids is 1. The summed E-state index contributed by atoms with van der Waals surface area (Å²) in [5.74, 6) is 2.59. The molecule has 2 aliphatic heterocycles. The highest BCUT2D eigenvalue weighted by Gasteiger charge is 2.36. The van der Waals surface area contributed by atoms with Crippen LogP contribution in [0.3, 0.4) is 0 Å². The lowest BCUT2D eigenvalue weighted by molar-refractivity contribution is 0.0974. The van der Waals surface area contributed by atoms with Gasteiger partial charge in [0.05, 0.1) is 32.6 Å². The molecule has 8 nitrogen and oxygen atoms in total. The van der Waals surface area contributed by atoms with Crippen LogP contribution in [0, 0.1) is 0 Å². The smallest absolute Gasteiger partial charge is 0.262 e. The lowest BCUT2D eigenvalue weighted by atomic mass is 10.0. The van der Waals surface area contributed by atoms with Crippen LogP contribution in [0.1, 0.15) is 22.1 Å². The molecule has 0 fully saturated rings. The molecule has 164 valence electrons. The van der Waals surface area contributed by atoms with E-state index >= 15 is 0 Å². The maximum absolute atomic E-state index is 13.7. The van der Waals surface area contributed by atoms with Crippen LogP contribution >= 0.6 is 0 Å². The highest BCUT2D eigenvalue weighted by Crippen LogP contribution is 2.45. The van der Waals surface area contributed by atoms with Gasteiger partial charge in [-0.05, 0) is 36.4 Å². The van der Waals surface area contributed by atoms with Gasteiger partial charge in [0.2, 0.25) is 12.5 Å². The monoisotopic (exact) mass is 434 g/mol. The molecule has 0 saturated heterocycles. The van der Waals surface area contributed by atoms with Crippen LogP contribution in [0.25, 0.3) is 0 Å². The van der Waals surface area contributed by atoms with E-state index in [0.717, 1.165) is 11.3 Å². The van der Waals surface area contributed by atoms with E-state index in [0.29, 0.717) is 40.0 Å². The maximum atomic E-state index is 13.7. The minimum Gasteiger partial charge on any atom is -0.493 e. The largest absolute Gasteiger partial charge is 0.493 e. The van der Waals surface area contributed by atoms with E-state index < -0.39 is 6.17 Å². The molecule has 0 aromatic heterocycles. The molecule has 0 bridgehead atoms. The van der Waals surface area contributed by atoms with Crippen LogP contribution in [-0.2, 0) is 0 Å². The normalized spacial score (nSPS) is 16.3. The van der Waals surface area contributed by atoms with Gasteiger partial charge < -0.3 is 29.0 Å². The molecule has 1 unspecified atom stereocenters. The molecule has 3 aromatic rings. The Bertz CT molecular complexity index is 1170. The molecule has 5 rings (SSSR count). The summed E-state index contributed by atoms with van der Waals surface area (Å²) in [5.41, 5.74) is 2.75. The van der Waals surface area contributed by atoms with E-state index in [4.69, 9.17) is 23.7 Å². The van der Waals surface area contributed by atoms with Crippen molar-refractivity contribution in [3.05, 3.63) is 65.7 Å². The first kappa shape index (κ1) is 19.9. The first-order valence-electron chi connectivity index (χ1n) is 10.0. The van der Waals surface area contributed by atoms with Crippen molar-refractivity contribution in [3.63, 3.8) is 0 Å². The van der Waals surface area contributed by atoms with Crippen molar-refractivity contribution in [2.45, 2.75) is 6.17 Å². The molecule has 1 amide bonds. The van der Waals surface area contributed by atoms with Crippen molar-refractivity contribution >= 4 is 17.3 Å². The highest BCUT2D eigenvalue weighted by molar-refractivity contribution is 6.12. The topological polar surface area (TPSA) is 78.5 Å². The lowest BCUT2D eigenvalue weighted by Crippen LogP contribution is -2.43. The number of nitrogens with one attached hydrogen (secondary N) is 1. The summed E-state index contributed by atoms with van der Waals surface area (Å²) in [4.78, 5) is 15.3. The first-order chi connectivity index (χ1) is 15.6. The van der Waals surface area contributed by atoms with Gasteiger partial charge in [0.15, 0.2) is 23.0 Å². The zero-order valence-electron chi connectivity index (χ0n) is 17.9. The van der Waals surface area contributed by atoms with Crippen molar-refractivity contribution in [3.8, 4) is 28.7 Å². The molecule has 2 heterocycles. The molecule has 0 spiro atoms. The van der Waals surface area contributed by atoms with E-state index in [1.54, 1.807) is 44.4 Å². The van der Waals surface area contributed by atoms with Crippen LogP contribution in [0.5, 0.6) is 28.7 Å². The van der Waals surface area contributed by atoms with Gasteiger partial charge in [-0.15, -0.1) is 0 Å². The average molecular weight is 434 g/mol. The zero-order chi connectivity index (χ0) is 22.2. The summed E-state index contributed by atoms with van der Waals surface area (Å²) in [6, 6.07) is 16.5. The van der Waals surface area contributed by atoms with E-state index in [2.05, 4.69) is 5.32 Å². The number of methoxy groups -OCH3 is 3. The molecule has 8 heteroatoms. The third-order valence-electron chi connectivity index (χ3n) is 5.56. The second-order valence-corrected chi connectivity index (χ2v) is 7.26. The van der Waals surface area contributed by atoms with Gasteiger partial charge in [0.25, 0.3) is 5.91 Å². The molecule has 1 atom stereocenters. The predicted molar refractivity (Wildman–Crippen MR) is 118 cm³/mol. The van der Waals surface area contributed by atoms with Gasteiger partial charge in [-0.2, -0.15) is 0 Å². The zero-order valence-corrected chi connectivity index (χ0v) is 17.9. The number of para-hydroxylation sites is 1. The van der Waals surface area contributed by atoms with E-state index in [-0.39, 0.29) is 12.7 Å². The fraction of sp³-hybridized carbons (Fsp3) is 0.208. The number of fused-ring (bicyclic) bond motifs is 2. The summed E-state index contributed by atoms with van der Waals surface area (Å²) >= 11 is 0. The van der Waals surface area contributed by atoms with E-state index in [1.807, 2.05) is 36.4 Å². The van der Waals surface area contributed by atoms with Crippen molar-refractivity contribution in [1.29, 1.82) is 0 Å². The number of ether oxygens (including phenoxy) is 5. The number of hydrogen-bond donors (Lipinski definition) is 1. The molecule has 1 N–H and O–H groups in total. The minimum atomic E-state index is -0.536. The number of amides is 1. The number of carbonyl (C=O) groups is 1. The van der Waals surface area contributed by atoms with Crippen molar-refractivity contribution in [1.82, 2.24) is 0 Å². The van der Waals surface area contributed by atoms with Crippen LogP contribution in [-0.4, -0.2) is 34.0 Å². The Hall–Kier alpha value is -4.07. The summed E-state index contributed by atoms with van der Waals surface area (Å²) in [6.45, 7) is 0.157. The van der Waals surface area contributed by atoms with Crippen LogP contribution in [0.15, 0.2) is 54.6 Å². The summed E-state index contributed by atoms with van der Waals surface area (Å²) in [5, 5.41) is 3.48. The summed E-state index contributed by atoms with van der Waals surface area (Å²) in [6.07, 6.45) is -0.536. The third kappa shape index (κ3) is 3.11. The first-order valence-corrected chi connectivity index (χ1v) is 10.0. The Balaban J connectivity index is 1.67. The van der Waals surface area contributed by atoms with Gasteiger partial charge >= 0.3 is 0 Å². The molecule has 0 aliphatic carbocycles. The van der Waals surface area contributed by atoms with Crippen molar-refractivity contribution in [2.24, 2.45) is 0 Å². The quantitative estimate of drug-likeness (QED) is 0.644. The number of anilines is 2. The Labute approximate surface area is 185 Å². The minimum absolute atomic E-state index is 0.142. The molecule has 32 heavy (non-hydrogen) atoms. The molecule has 0 saturated carbocycles. The fourth-order valence-corrected chi connectivity index (χ4v) is 4.05. The predicted octanol–water partition coefficient (Wildman–Crippen LogP) is 4.21. The summed E-state index contributed by atoms with van der Waals surface area (Å²) < 4.78 is 27.5. The third-order valence-corrected chi connectivity index (χ3v) is 5.56. The number of benzene rings is 3. The standard InChI is InChI=1S/C24H22N2O6/c1-28-20-10-14(11-21(29-2)22(20)30-3)23-25-17-7-5-4-6-16(17)24(27)26(23)15-8-9-18-19(12-15)32-13-31-18/h4-12,23,25H,13H2,1-3H3. The Morgan fingerprint density at radius 1 is 0.906 bits per heavy atom.